The third-order valence-corrected chi connectivity index (χ3v) is 6.30. The Morgan fingerprint density at radius 2 is 1.81 bits per heavy atom. The van der Waals surface area contributed by atoms with Crippen molar-refractivity contribution in [3.8, 4) is 17.6 Å². The largest absolute Gasteiger partial charge is 0.404 e. The monoisotopic (exact) mass is 471 g/mol. The summed E-state index contributed by atoms with van der Waals surface area (Å²) in [7, 11) is -4.50. The van der Waals surface area contributed by atoms with E-state index < -0.39 is 27.1 Å². The van der Waals surface area contributed by atoms with Crippen LogP contribution in [0.25, 0.3) is 22.4 Å². The first-order valence-electron chi connectivity index (χ1n) is 9.01. The van der Waals surface area contributed by atoms with Gasteiger partial charge in [0.15, 0.2) is 5.82 Å². The van der Waals surface area contributed by atoms with Gasteiger partial charge in [0.1, 0.15) is 22.7 Å². The van der Waals surface area contributed by atoms with Gasteiger partial charge < -0.3 is 4.57 Å². The number of benzene rings is 1. The summed E-state index contributed by atoms with van der Waals surface area (Å²) in [4.78, 5) is 7.55. The van der Waals surface area contributed by atoms with E-state index in [0.29, 0.717) is 28.5 Å². The van der Waals surface area contributed by atoms with E-state index in [2.05, 4.69) is 16.0 Å². The van der Waals surface area contributed by atoms with Crippen molar-refractivity contribution in [1.29, 1.82) is 5.26 Å². The molecule has 0 aliphatic rings. The van der Waals surface area contributed by atoms with Gasteiger partial charge in [0.05, 0.1) is 23.5 Å². The molecule has 0 radical (unpaired) electrons. The zero-order valence-electron chi connectivity index (χ0n) is 16.6. The van der Waals surface area contributed by atoms with Crippen molar-refractivity contribution < 1.29 is 21.6 Å². The molecule has 1 N–H and O–H groups in total. The summed E-state index contributed by atoms with van der Waals surface area (Å²) in [6.07, 6.45) is -2.93. The highest BCUT2D eigenvalue weighted by Gasteiger charge is 2.39. The zero-order valence-corrected chi connectivity index (χ0v) is 18.1. The molecular formula is C19H17ClF3N5O2S. The number of hydrogen-bond acceptors (Lipinski definition) is 5. The molecule has 31 heavy (non-hydrogen) atoms. The Bertz CT molecular complexity index is 1280. The predicted octanol–water partition coefficient (Wildman–Crippen LogP) is 4.43. The lowest BCUT2D eigenvalue weighted by atomic mass is 10.1. The van der Waals surface area contributed by atoms with Crippen LogP contribution in [0.4, 0.5) is 13.2 Å². The number of nitriles is 1. The third-order valence-electron chi connectivity index (χ3n) is 4.57. The predicted molar refractivity (Wildman–Crippen MR) is 109 cm³/mol. The molecule has 0 spiro atoms. The molecule has 0 saturated heterocycles. The quantitative estimate of drug-likeness (QED) is 0.593. The van der Waals surface area contributed by atoms with Crippen LogP contribution in [0.15, 0.2) is 35.5 Å². The van der Waals surface area contributed by atoms with Gasteiger partial charge in [-0.3, -0.25) is 0 Å². The van der Waals surface area contributed by atoms with Gasteiger partial charge in [0.2, 0.25) is 10.0 Å². The second-order valence-electron chi connectivity index (χ2n) is 7.09. The maximum atomic E-state index is 12.7. The fourth-order valence-electron chi connectivity index (χ4n) is 3.10. The Morgan fingerprint density at radius 3 is 2.32 bits per heavy atom. The number of alkyl halides is 3. The Balaban J connectivity index is 2.11. The summed E-state index contributed by atoms with van der Waals surface area (Å²) < 4.78 is 66.0. The van der Waals surface area contributed by atoms with Crippen LogP contribution in [0.3, 0.4) is 0 Å². The van der Waals surface area contributed by atoms with Crippen molar-refractivity contribution in [2.45, 2.75) is 43.9 Å². The Kier molecular flexibility index (Phi) is 6.01. The van der Waals surface area contributed by atoms with Gasteiger partial charge in [-0.25, -0.2) is 18.4 Å². The van der Waals surface area contributed by atoms with Gasteiger partial charge in [0, 0.05) is 16.5 Å². The summed E-state index contributed by atoms with van der Waals surface area (Å²) in [5, 5.41) is 10.8. The molecule has 7 nitrogen and oxygen atoms in total. The maximum Gasteiger partial charge on any atom is 0.404 e. The van der Waals surface area contributed by atoms with Crippen molar-refractivity contribution in [3.63, 3.8) is 0 Å². The van der Waals surface area contributed by atoms with Crippen LogP contribution in [0.5, 0.6) is 0 Å². The molecule has 2 aromatic heterocycles. The van der Waals surface area contributed by atoms with Gasteiger partial charge in [-0.2, -0.15) is 23.2 Å². The number of rotatable bonds is 5. The molecule has 1 atom stereocenters. The summed E-state index contributed by atoms with van der Waals surface area (Å²) in [6.45, 7) is 4.46. The van der Waals surface area contributed by atoms with E-state index in [1.54, 1.807) is 27.5 Å². The SMILES string of the molecule is CC(C)n1c(-c2ncc(S(=O)(=O)NC(C)C(F)(F)F)cn2)c(C#N)c2ccc(Cl)cc21. The molecule has 0 aliphatic carbocycles. The molecule has 0 amide bonds. The van der Waals surface area contributed by atoms with E-state index in [1.165, 1.54) is 0 Å². The standard InChI is InChI=1S/C19H17ClF3N5O2S/c1-10(2)28-16-6-12(20)4-5-14(16)15(7-24)17(28)18-25-8-13(9-26-18)31(29,30)27-11(3)19(21,22)23/h4-6,8-11,27H,1-3H3. The molecule has 2 heterocycles. The van der Waals surface area contributed by atoms with E-state index in [9.17, 15) is 26.9 Å². The molecule has 1 unspecified atom stereocenters. The van der Waals surface area contributed by atoms with Gasteiger partial charge in [-0.15, -0.1) is 0 Å². The van der Waals surface area contributed by atoms with Crippen LogP contribution < -0.4 is 4.72 Å². The van der Waals surface area contributed by atoms with Crippen LogP contribution in [0.1, 0.15) is 32.4 Å². The van der Waals surface area contributed by atoms with Crippen molar-refractivity contribution in [1.82, 2.24) is 19.3 Å². The third kappa shape index (κ3) is 4.37. The van der Waals surface area contributed by atoms with E-state index in [1.807, 2.05) is 13.8 Å². The van der Waals surface area contributed by atoms with Crippen LogP contribution in [-0.2, 0) is 10.0 Å². The minimum Gasteiger partial charge on any atom is -0.334 e. The highest BCUT2D eigenvalue weighted by molar-refractivity contribution is 7.89. The number of aromatic nitrogens is 3. The molecule has 12 heteroatoms. The van der Waals surface area contributed by atoms with E-state index >= 15 is 0 Å². The highest BCUT2D eigenvalue weighted by Crippen LogP contribution is 2.35. The molecule has 0 bridgehead atoms. The first kappa shape index (κ1) is 23.0. The molecule has 0 saturated carbocycles. The summed E-state index contributed by atoms with van der Waals surface area (Å²) in [5.74, 6) is 0.0559. The number of nitrogens with zero attached hydrogens (tertiary/aromatic N) is 4. The molecule has 164 valence electrons. The second kappa shape index (κ2) is 8.11. The Hall–Kier alpha value is -2.68. The van der Waals surface area contributed by atoms with Crippen molar-refractivity contribution in [3.05, 3.63) is 41.2 Å². The summed E-state index contributed by atoms with van der Waals surface area (Å²) in [6, 6.07) is 4.75. The fourth-order valence-corrected chi connectivity index (χ4v) is 4.38. The lowest BCUT2D eigenvalue weighted by Gasteiger charge is -2.17. The molecule has 3 rings (SSSR count). The number of hydrogen-bond donors (Lipinski definition) is 1. The topological polar surface area (TPSA) is 101 Å². The lowest BCUT2D eigenvalue weighted by molar-refractivity contribution is -0.147. The second-order valence-corrected chi connectivity index (χ2v) is 9.24. The van der Waals surface area contributed by atoms with Gasteiger partial charge in [0.25, 0.3) is 0 Å². The van der Waals surface area contributed by atoms with Crippen molar-refractivity contribution >= 4 is 32.5 Å². The minimum absolute atomic E-state index is 0.0559. The van der Waals surface area contributed by atoms with E-state index in [4.69, 9.17) is 11.6 Å². The van der Waals surface area contributed by atoms with Crippen LogP contribution >= 0.6 is 11.6 Å². The van der Waals surface area contributed by atoms with E-state index in [0.717, 1.165) is 12.4 Å². The highest BCUT2D eigenvalue weighted by atomic mass is 35.5. The molecule has 0 aliphatic heterocycles. The lowest BCUT2D eigenvalue weighted by Crippen LogP contribution is -2.43. The van der Waals surface area contributed by atoms with Crippen molar-refractivity contribution in [2.24, 2.45) is 0 Å². The number of fused-ring (bicyclic) bond motifs is 1. The molecule has 3 aromatic rings. The number of halogens is 4. The van der Waals surface area contributed by atoms with Crippen LogP contribution in [0, 0.1) is 11.3 Å². The Labute approximate surface area is 181 Å². The Morgan fingerprint density at radius 1 is 1.19 bits per heavy atom. The fraction of sp³-hybridized carbons (Fsp3) is 0.316. The normalized spacial score (nSPS) is 13.5. The van der Waals surface area contributed by atoms with Gasteiger partial charge >= 0.3 is 6.18 Å². The summed E-state index contributed by atoms with van der Waals surface area (Å²) >= 11 is 6.11. The summed E-state index contributed by atoms with van der Waals surface area (Å²) in [5.41, 5.74) is 1.31. The zero-order chi connectivity index (χ0) is 23.1. The first-order chi connectivity index (χ1) is 14.4. The maximum absolute atomic E-state index is 12.7. The number of sulfonamides is 1. The van der Waals surface area contributed by atoms with Crippen molar-refractivity contribution in [2.75, 3.05) is 0 Å². The molecular weight excluding hydrogens is 455 g/mol. The molecule has 1 aromatic carbocycles. The van der Waals surface area contributed by atoms with Crippen LogP contribution in [0.2, 0.25) is 5.02 Å². The van der Waals surface area contributed by atoms with Crippen LogP contribution in [-0.4, -0.2) is 35.2 Å². The first-order valence-corrected chi connectivity index (χ1v) is 10.9. The number of nitrogens with one attached hydrogen (secondary N) is 1. The smallest absolute Gasteiger partial charge is 0.334 e. The molecule has 0 fully saturated rings. The van der Waals surface area contributed by atoms with Gasteiger partial charge in [-0.1, -0.05) is 11.6 Å². The minimum atomic E-state index is -4.74. The van der Waals surface area contributed by atoms with E-state index in [-0.39, 0.29) is 17.4 Å². The average molecular weight is 472 g/mol. The van der Waals surface area contributed by atoms with Gasteiger partial charge in [-0.05, 0) is 39.0 Å². The average Bonchev–Trinajstić information content (AvgIpc) is 3.00.